The SMILES string of the molecule is COc1ccc(CCN2CCCn3c2nc2c3c(=O)n(Cc3ccc(F)cc3)c(=O)n2C)cc1OC. The summed E-state index contributed by atoms with van der Waals surface area (Å²) in [5.41, 5.74) is 1.69. The average molecular weight is 494 g/mol. The van der Waals surface area contributed by atoms with Gasteiger partial charge in [0.1, 0.15) is 5.82 Å². The molecular weight excluding hydrogens is 465 g/mol. The van der Waals surface area contributed by atoms with Crippen LogP contribution >= 0.6 is 0 Å². The molecule has 1 aliphatic heterocycles. The lowest BCUT2D eigenvalue weighted by atomic mass is 10.1. The zero-order chi connectivity index (χ0) is 25.4. The van der Waals surface area contributed by atoms with Crippen molar-refractivity contribution in [1.29, 1.82) is 0 Å². The molecule has 0 atom stereocenters. The molecule has 1 aliphatic rings. The van der Waals surface area contributed by atoms with Crippen molar-refractivity contribution in [3.63, 3.8) is 0 Å². The number of anilines is 1. The second-order valence-electron chi connectivity index (χ2n) is 8.87. The number of halogens is 1. The molecule has 0 spiro atoms. The third-order valence-electron chi connectivity index (χ3n) is 6.68. The van der Waals surface area contributed by atoms with Crippen LogP contribution in [-0.2, 0) is 26.6 Å². The summed E-state index contributed by atoms with van der Waals surface area (Å²) in [7, 11) is 4.84. The molecule has 0 saturated heterocycles. The van der Waals surface area contributed by atoms with E-state index in [2.05, 4.69) is 4.90 Å². The summed E-state index contributed by atoms with van der Waals surface area (Å²) < 4.78 is 28.6. The highest BCUT2D eigenvalue weighted by molar-refractivity contribution is 5.75. The van der Waals surface area contributed by atoms with Crippen molar-refractivity contribution in [3.8, 4) is 11.5 Å². The van der Waals surface area contributed by atoms with Crippen LogP contribution in [0.5, 0.6) is 11.5 Å². The molecule has 188 valence electrons. The van der Waals surface area contributed by atoms with Crippen LogP contribution in [0.25, 0.3) is 11.2 Å². The zero-order valence-corrected chi connectivity index (χ0v) is 20.5. The van der Waals surface area contributed by atoms with Gasteiger partial charge in [0.2, 0.25) is 5.95 Å². The zero-order valence-electron chi connectivity index (χ0n) is 20.5. The smallest absolute Gasteiger partial charge is 0.332 e. The van der Waals surface area contributed by atoms with Crippen LogP contribution in [0.2, 0.25) is 0 Å². The van der Waals surface area contributed by atoms with Crippen molar-refractivity contribution >= 4 is 17.1 Å². The molecular formula is C26H28FN5O4. The van der Waals surface area contributed by atoms with Gasteiger partial charge in [-0.3, -0.25) is 13.9 Å². The van der Waals surface area contributed by atoms with Gasteiger partial charge in [-0.15, -0.1) is 0 Å². The first-order valence-electron chi connectivity index (χ1n) is 11.8. The average Bonchev–Trinajstić information content (AvgIpc) is 3.30. The first-order chi connectivity index (χ1) is 17.4. The van der Waals surface area contributed by atoms with Crippen LogP contribution in [0.3, 0.4) is 0 Å². The molecule has 0 saturated carbocycles. The summed E-state index contributed by atoms with van der Waals surface area (Å²) >= 11 is 0. The number of methoxy groups -OCH3 is 2. The maximum absolute atomic E-state index is 13.5. The summed E-state index contributed by atoms with van der Waals surface area (Å²) in [6.45, 7) is 2.19. The predicted molar refractivity (Wildman–Crippen MR) is 135 cm³/mol. The van der Waals surface area contributed by atoms with Crippen LogP contribution < -0.4 is 25.6 Å². The van der Waals surface area contributed by atoms with E-state index in [1.165, 1.54) is 21.3 Å². The van der Waals surface area contributed by atoms with E-state index in [1.807, 2.05) is 22.8 Å². The summed E-state index contributed by atoms with van der Waals surface area (Å²) in [4.78, 5) is 33.4. The monoisotopic (exact) mass is 493 g/mol. The number of hydrogen-bond donors (Lipinski definition) is 0. The second kappa shape index (κ2) is 9.52. The molecule has 0 unspecified atom stereocenters. The van der Waals surface area contributed by atoms with Gasteiger partial charge >= 0.3 is 5.69 Å². The molecule has 2 aromatic heterocycles. The number of fused-ring (bicyclic) bond motifs is 3. The van der Waals surface area contributed by atoms with Crippen molar-refractivity contribution in [2.24, 2.45) is 7.05 Å². The van der Waals surface area contributed by atoms with E-state index < -0.39 is 11.2 Å². The topological polar surface area (TPSA) is 83.5 Å². The highest BCUT2D eigenvalue weighted by Crippen LogP contribution is 2.29. The van der Waals surface area contributed by atoms with Gasteiger partial charge in [-0.25, -0.2) is 9.18 Å². The minimum atomic E-state index is -0.454. The van der Waals surface area contributed by atoms with Crippen LogP contribution in [-0.4, -0.2) is 46.0 Å². The Balaban J connectivity index is 1.49. The molecule has 0 N–H and O–H groups in total. The Bertz CT molecular complexity index is 1540. The van der Waals surface area contributed by atoms with Crippen molar-refractivity contribution in [1.82, 2.24) is 18.7 Å². The standard InChI is InChI=1S/C26H28FN5O4/c1-29-23-22(24(33)32(26(29)34)16-18-5-8-19(27)9-6-18)31-13-4-12-30(25(31)28-23)14-11-17-7-10-20(35-2)21(15-17)36-3/h5-10,15H,4,11-14,16H2,1-3H3. The van der Waals surface area contributed by atoms with Crippen molar-refractivity contribution < 1.29 is 13.9 Å². The Morgan fingerprint density at radius 1 is 0.972 bits per heavy atom. The number of benzene rings is 2. The summed E-state index contributed by atoms with van der Waals surface area (Å²) in [6, 6.07) is 11.6. The van der Waals surface area contributed by atoms with E-state index in [-0.39, 0.29) is 12.4 Å². The minimum Gasteiger partial charge on any atom is -0.493 e. The van der Waals surface area contributed by atoms with Crippen molar-refractivity contribution in [2.45, 2.75) is 25.9 Å². The van der Waals surface area contributed by atoms with E-state index in [0.717, 1.165) is 24.9 Å². The molecule has 2 aromatic carbocycles. The Morgan fingerprint density at radius 2 is 1.69 bits per heavy atom. The number of aryl methyl sites for hydroxylation is 2. The fourth-order valence-corrected chi connectivity index (χ4v) is 4.76. The fraction of sp³-hybridized carbons (Fsp3) is 0.346. The van der Waals surface area contributed by atoms with Gasteiger partial charge < -0.3 is 18.9 Å². The highest BCUT2D eigenvalue weighted by atomic mass is 19.1. The Hall–Kier alpha value is -4.08. The van der Waals surface area contributed by atoms with Gasteiger partial charge in [0, 0.05) is 26.7 Å². The summed E-state index contributed by atoms with van der Waals surface area (Å²) in [5.74, 6) is 1.67. The maximum atomic E-state index is 13.5. The van der Waals surface area contributed by atoms with Gasteiger partial charge in [-0.05, 0) is 48.2 Å². The van der Waals surface area contributed by atoms with Crippen molar-refractivity contribution in [3.05, 3.63) is 80.2 Å². The molecule has 3 heterocycles. The molecule has 5 rings (SSSR count). The van der Waals surface area contributed by atoms with Gasteiger partial charge in [0.15, 0.2) is 22.7 Å². The largest absolute Gasteiger partial charge is 0.493 e. The number of hydrogen-bond acceptors (Lipinski definition) is 6. The number of rotatable bonds is 7. The summed E-state index contributed by atoms with van der Waals surface area (Å²) in [6.07, 6.45) is 1.60. The quantitative estimate of drug-likeness (QED) is 0.394. The molecule has 0 bridgehead atoms. The van der Waals surface area contributed by atoms with Crippen LogP contribution in [0.4, 0.5) is 10.3 Å². The fourth-order valence-electron chi connectivity index (χ4n) is 4.76. The Morgan fingerprint density at radius 3 is 2.42 bits per heavy atom. The van der Waals surface area contributed by atoms with Gasteiger partial charge in [0.25, 0.3) is 5.56 Å². The molecule has 10 heteroatoms. The van der Waals surface area contributed by atoms with Crippen LogP contribution in [0.1, 0.15) is 17.5 Å². The van der Waals surface area contributed by atoms with E-state index in [1.54, 1.807) is 33.4 Å². The molecule has 0 fully saturated rings. The van der Waals surface area contributed by atoms with Crippen molar-refractivity contribution in [2.75, 3.05) is 32.2 Å². The number of aromatic nitrogens is 4. The lowest BCUT2D eigenvalue weighted by molar-refractivity contribution is 0.354. The molecule has 4 aromatic rings. The first kappa shape index (κ1) is 23.7. The Labute approximate surface area is 206 Å². The van der Waals surface area contributed by atoms with E-state index >= 15 is 0 Å². The lowest BCUT2D eigenvalue weighted by Gasteiger charge is -2.29. The number of nitrogens with zero attached hydrogens (tertiary/aromatic N) is 5. The van der Waals surface area contributed by atoms with Gasteiger partial charge in [-0.2, -0.15) is 4.98 Å². The van der Waals surface area contributed by atoms with Crippen LogP contribution in [0, 0.1) is 5.82 Å². The van der Waals surface area contributed by atoms with E-state index in [0.29, 0.717) is 47.3 Å². The summed E-state index contributed by atoms with van der Waals surface area (Å²) in [5, 5.41) is 0. The first-order valence-corrected chi connectivity index (χ1v) is 11.8. The molecule has 36 heavy (non-hydrogen) atoms. The maximum Gasteiger partial charge on any atom is 0.332 e. The number of ether oxygens (including phenoxy) is 2. The minimum absolute atomic E-state index is 0.0608. The van der Waals surface area contributed by atoms with Gasteiger partial charge in [-0.1, -0.05) is 18.2 Å². The molecule has 0 amide bonds. The molecule has 0 aliphatic carbocycles. The number of imidazole rings is 1. The van der Waals surface area contributed by atoms with E-state index in [9.17, 15) is 14.0 Å². The third kappa shape index (κ3) is 4.12. The van der Waals surface area contributed by atoms with Crippen LogP contribution in [0.15, 0.2) is 52.1 Å². The normalized spacial score (nSPS) is 13.2. The lowest BCUT2D eigenvalue weighted by Crippen LogP contribution is -2.40. The molecule has 0 radical (unpaired) electrons. The third-order valence-corrected chi connectivity index (χ3v) is 6.68. The second-order valence-corrected chi connectivity index (χ2v) is 8.87. The predicted octanol–water partition coefficient (Wildman–Crippen LogP) is 2.55. The Kier molecular flexibility index (Phi) is 6.26. The van der Waals surface area contributed by atoms with Gasteiger partial charge in [0.05, 0.1) is 20.8 Å². The highest BCUT2D eigenvalue weighted by Gasteiger charge is 2.26. The molecule has 9 nitrogen and oxygen atoms in total. The van der Waals surface area contributed by atoms with E-state index in [4.69, 9.17) is 14.5 Å².